The molecule has 56 heavy (non-hydrogen) atoms. The molecule has 12 N–H and O–H groups in total. The molecule has 0 aromatic heterocycles. The first-order valence-electron chi connectivity index (χ1n) is 12.9. The molecule has 316 valence electrons. The molecule has 0 spiro atoms. The molecule has 0 saturated heterocycles. The van der Waals surface area contributed by atoms with Crippen LogP contribution in [0.4, 0.5) is 4.79 Å². The van der Waals surface area contributed by atoms with Crippen LogP contribution in [-0.4, -0.2) is 123 Å². The van der Waals surface area contributed by atoms with E-state index in [1.54, 1.807) is 6.92 Å². The number of aliphatic carboxylic acids is 10. The largest absolute Gasteiger partial charge is 0.478 e. The summed E-state index contributed by atoms with van der Waals surface area (Å²) in [5.74, 6) is -9.81. The Morgan fingerprint density at radius 1 is 0.339 bits per heavy atom. The lowest BCUT2D eigenvalue weighted by atomic mass is 10.7. The van der Waals surface area contributed by atoms with Gasteiger partial charge in [-0.25, -0.2) is 52.7 Å². The molecule has 0 aliphatic rings. The van der Waals surface area contributed by atoms with Crippen molar-refractivity contribution in [3.8, 4) is 0 Å². The zero-order valence-electron chi connectivity index (χ0n) is 30.0. The van der Waals surface area contributed by atoms with Crippen molar-refractivity contribution in [1.82, 2.24) is 0 Å². The van der Waals surface area contributed by atoms with E-state index in [4.69, 9.17) is 51.1 Å². The maximum absolute atomic E-state index is 9.60. The normalized spacial score (nSPS) is 6.52. The van der Waals surface area contributed by atoms with Crippen molar-refractivity contribution in [2.75, 3.05) is 6.61 Å². The molecular weight excluding hydrogens is 762 g/mol. The monoisotopic (exact) mass is 809 g/mol. The molecule has 0 aromatic rings. The lowest BCUT2D eigenvalue weighted by Crippen LogP contribution is -2.11. The van der Waals surface area contributed by atoms with E-state index in [0.717, 1.165) is 60.8 Å². The van der Waals surface area contributed by atoms with Gasteiger partial charge < -0.3 is 61.5 Å². The number of carboxylic acid groups (broad SMARTS) is 10. The van der Waals surface area contributed by atoms with Gasteiger partial charge in [0, 0.05) is 60.8 Å². The Bertz CT molecular complexity index is 994. The molecule has 1 amide bonds. The van der Waals surface area contributed by atoms with Crippen molar-refractivity contribution in [3.05, 3.63) is 127 Å². The highest BCUT2D eigenvalue weighted by atomic mass is 16.5. The number of carbonyl (C=O) groups is 11. The number of carbonyl (C=O) groups excluding carboxylic acids is 1. The quantitative estimate of drug-likeness (QED) is 0.134. The summed E-state index contributed by atoms with van der Waals surface area (Å²) in [7, 11) is 0. The van der Waals surface area contributed by atoms with Crippen molar-refractivity contribution >= 4 is 65.8 Å². The molecule has 23 nitrogen and oxygen atoms in total. The van der Waals surface area contributed by atoms with E-state index in [9.17, 15) is 52.7 Å². The van der Waals surface area contributed by atoms with Gasteiger partial charge in [0.25, 0.3) is 0 Å². The molecule has 0 aliphatic heterocycles. The minimum atomic E-state index is -0.981. The molecule has 0 rings (SSSR count). The number of primary amides is 1. The minimum Gasteiger partial charge on any atom is -0.478 e. The topological polar surface area (TPSA) is 425 Å². The minimum absolute atomic E-state index is 0.356. The first-order chi connectivity index (χ1) is 25.5. The zero-order chi connectivity index (χ0) is 47.8. The number of hydrogen-bond donors (Lipinski definition) is 11. The number of rotatable bonds is 11. The molecule has 0 bridgehead atoms. The number of amides is 1. The number of ether oxygens (including phenoxy) is 1. The van der Waals surface area contributed by atoms with Crippen molar-refractivity contribution in [3.63, 3.8) is 0 Å². The Labute approximate surface area is 320 Å². The van der Waals surface area contributed by atoms with Gasteiger partial charge in [0.15, 0.2) is 0 Å². The van der Waals surface area contributed by atoms with Gasteiger partial charge in [-0.3, -0.25) is 0 Å². The Kier molecular flexibility index (Phi) is 99.2. The zero-order valence-corrected chi connectivity index (χ0v) is 30.0. The number of carboxylic acids is 10. The molecule has 0 fully saturated rings. The molecule has 0 unspecified atom stereocenters. The van der Waals surface area contributed by atoms with Gasteiger partial charge in [0.05, 0.1) is 6.61 Å². The standard InChI is InChI=1S/C3H7NO2.10C3H4O2/c1-2-6-3(4)5;10*1-2-3(4)5/h2H2,1H3,(H2,4,5);10*2H,1H2,(H,4,5). The summed E-state index contributed by atoms with van der Waals surface area (Å²) in [6.45, 7) is 31.7. The van der Waals surface area contributed by atoms with Gasteiger partial charge >= 0.3 is 65.8 Å². The van der Waals surface area contributed by atoms with E-state index in [1.165, 1.54) is 0 Å². The summed E-state index contributed by atoms with van der Waals surface area (Å²) < 4.78 is 4.18. The van der Waals surface area contributed by atoms with Crippen molar-refractivity contribution in [1.29, 1.82) is 0 Å². The first kappa shape index (κ1) is 77.0. The van der Waals surface area contributed by atoms with Crippen molar-refractivity contribution in [2.24, 2.45) is 5.73 Å². The van der Waals surface area contributed by atoms with Crippen LogP contribution in [0.15, 0.2) is 127 Å². The fourth-order valence-corrected chi connectivity index (χ4v) is 0.142. The smallest absolute Gasteiger partial charge is 0.404 e. The molecule has 0 aromatic carbocycles. The van der Waals surface area contributed by atoms with Crippen LogP contribution in [0, 0.1) is 0 Å². The van der Waals surface area contributed by atoms with E-state index in [1.807, 2.05) is 0 Å². The molecular formula is C33H47NO22. The summed E-state index contributed by atoms with van der Waals surface area (Å²) in [6, 6.07) is 0. The Morgan fingerprint density at radius 2 is 0.411 bits per heavy atom. The lowest BCUT2D eigenvalue weighted by molar-refractivity contribution is -0.132. The van der Waals surface area contributed by atoms with E-state index in [-0.39, 0.29) is 0 Å². The maximum atomic E-state index is 9.60. The van der Waals surface area contributed by atoms with Crippen LogP contribution in [-0.2, 0) is 52.7 Å². The molecule has 0 radical (unpaired) electrons. The van der Waals surface area contributed by atoms with Gasteiger partial charge in [-0.2, -0.15) is 0 Å². The second-order valence-corrected chi connectivity index (χ2v) is 6.18. The predicted molar refractivity (Wildman–Crippen MR) is 200 cm³/mol. The van der Waals surface area contributed by atoms with Crippen LogP contribution >= 0.6 is 0 Å². The predicted octanol–water partition coefficient (Wildman–Crippen LogP) is 2.67. The third-order valence-electron chi connectivity index (χ3n) is 2.03. The molecule has 0 heterocycles. The van der Waals surface area contributed by atoms with Crippen LogP contribution in [0.5, 0.6) is 0 Å². The Hall–Kier alpha value is -8.63. The molecule has 0 aliphatic carbocycles. The van der Waals surface area contributed by atoms with Gasteiger partial charge in [0.1, 0.15) is 0 Å². The Morgan fingerprint density at radius 3 is 0.411 bits per heavy atom. The fraction of sp³-hybridized carbons (Fsp3) is 0.0606. The van der Waals surface area contributed by atoms with E-state index in [0.29, 0.717) is 6.61 Å². The van der Waals surface area contributed by atoms with Gasteiger partial charge in [-0.1, -0.05) is 65.8 Å². The van der Waals surface area contributed by atoms with Crippen molar-refractivity contribution < 1.29 is 109 Å². The van der Waals surface area contributed by atoms with Crippen LogP contribution in [0.3, 0.4) is 0 Å². The fourth-order valence-electron chi connectivity index (χ4n) is 0.142. The van der Waals surface area contributed by atoms with E-state index >= 15 is 0 Å². The van der Waals surface area contributed by atoms with Gasteiger partial charge in [-0.15, -0.1) is 0 Å². The van der Waals surface area contributed by atoms with Crippen molar-refractivity contribution in [2.45, 2.75) is 6.92 Å². The molecule has 0 saturated carbocycles. The second-order valence-electron chi connectivity index (χ2n) is 6.18. The third kappa shape index (κ3) is 433. The average molecular weight is 810 g/mol. The Balaban J connectivity index is -0.0000000442. The van der Waals surface area contributed by atoms with Gasteiger partial charge in [-0.05, 0) is 6.92 Å². The van der Waals surface area contributed by atoms with Crippen LogP contribution in [0.25, 0.3) is 0 Å². The SMILES string of the molecule is C=CC(=O)O.C=CC(=O)O.C=CC(=O)O.C=CC(=O)O.C=CC(=O)O.C=CC(=O)O.C=CC(=O)O.C=CC(=O)O.C=CC(=O)O.C=CC(=O)O.CCOC(N)=O. The summed E-state index contributed by atoms with van der Waals surface area (Å²) in [5, 5.41) is 76.0. The summed E-state index contributed by atoms with van der Waals surface area (Å²) in [5.41, 5.74) is 4.54. The molecule has 23 heteroatoms. The highest BCUT2D eigenvalue weighted by Crippen LogP contribution is 1.66. The molecule has 0 atom stereocenters. The number of nitrogens with two attached hydrogens (primary N) is 1. The summed E-state index contributed by atoms with van der Waals surface area (Å²) >= 11 is 0. The number of hydrogen-bond acceptors (Lipinski definition) is 12. The summed E-state index contributed by atoms with van der Waals surface area (Å²) in [6.07, 6.45) is 7.62. The van der Waals surface area contributed by atoms with Crippen LogP contribution < -0.4 is 5.73 Å². The van der Waals surface area contributed by atoms with Crippen LogP contribution in [0.2, 0.25) is 0 Å². The average Bonchev–Trinajstić information content (AvgIpc) is 3.13. The van der Waals surface area contributed by atoms with E-state index in [2.05, 4.69) is 76.3 Å². The second kappa shape index (κ2) is 72.2. The van der Waals surface area contributed by atoms with Crippen LogP contribution in [0.1, 0.15) is 6.92 Å². The summed E-state index contributed by atoms with van der Waals surface area (Å²) in [4.78, 5) is 102. The highest BCUT2D eigenvalue weighted by Gasteiger charge is 1.82. The van der Waals surface area contributed by atoms with E-state index < -0.39 is 65.8 Å². The third-order valence-corrected chi connectivity index (χ3v) is 2.03. The first-order valence-corrected chi connectivity index (χ1v) is 12.9. The maximum Gasteiger partial charge on any atom is 0.404 e. The van der Waals surface area contributed by atoms with Gasteiger partial charge in [0.2, 0.25) is 0 Å². The lowest BCUT2D eigenvalue weighted by Gasteiger charge is -1.89. The highest BCUT2D eigenvalue weighted by molar-refractivity contribution is 5.81.